The third kappa shape index (κ3) is 3.55. The van der Waals surface area contributed by atoms with Gasteiger partial charge in [-0.1, -0.05) is 6.08 Å². The molecule has 1 aromatic carbocycles. The zero-order chi connectivity index (χ0) is 19.7. The summed E-state index contributed by atoms with van der Waals surface area (Å²) in [5, 5.41) is 12.4. The van der Waals surface area contributed by atoms with Gasteiger partial charge in [0.2, 0.25) is 5.91 Å². The topological polar surface area (TPSA) is 70.4 Å². The number of halogens is 2. The molecule has 0 atom stereocenters. The number of nitrogens with zero attached hydrogens (tertiary/aromatic N) is 3. The van der Waals surface area contributed by atoms with Crippen molar-refractivity contribution in [1.29, 1.82) is 0 Å². The predicted octanol–water partition coefficient (Wildman–Crippen LogP) is 3.13. The van der Waals surface area contributed by atoms with Gasteiger partial charge >= 0.3 is 0 Å². The zero-order valence-electron chi connectivity index (χ0n) is 15.2. The van der Waals surface area contributed by atoms with Crippen LogP contribution in [0.4, 0.5) is 20.3 Å². The number of nitrogens with one attached hydrogen (secondary N) is 1. The molecule has 0 bridgehead atoms. The number of fused-ring (bicyclic) bond motifs is 1. The lowest BCUT2D eigenvalue weighted by Crippen LogP contribution is -2.40. The molecule has 2 aliphatic rings. The van der Waals surface area contributed by atoms with E-state index in [4.69, 9.17) is 10.1 Å². The van der Waals surface area contributed by atoms with Gasteiger partial charge in [-0.25, -0.2) is 13.8 Å². The molecule has 2 heterocycles. The molecule has 1 aliphatic heterocycles. The van der Waals surface area contributed by atoms with Crippen molar-refractivity contribution in [3.8, 4) is 0 Å². The Bertz CT molecular complexity index is 963. The molecule has 1 aliphatic carbocycles. The molecular weight excluding hydrogens is 366 g/mol. The first-order valence-corrected chi connectivity index (χ1v) is 9.11. The third-order valence-electron chi connectivity index (χ3n) is 4.97. The Morgan fingerprint density at radius 1 is 1.14 bits per heavy atom. The summed E-state index contributed by atoms with van der Waals surface area (Å²) in [6.07, 6.45) is 4.01. The molecule has 28 heavy (non-hydrogen) atoms. The normalized spacial score (nSPS) is 16.3. The van der Waals surface area contributed by atoms with Crippen LogP contribution in [0.2, 0.25) is 0 Å². The lowest BCUT2D eigenvalue weighted by Gasteiger charge is -2.28. The number of allylic oxidation sites excluding steroid dienone is 4. The van der Waals surface area contributed by atoms with Gasteiger partial charge < -0.3 is 19.9 Å². The second kappa shape index (κ2) is 7.55. The predicted molar refractivity (Wildman–Crippen MR) is 101 cm³/mol. The maximum absolute atomic E-state index is 13.4. The van der Waals surface area contributed by atoms with E-state index in [0.717, 1.165) is 11.4 Å². The number of imidazole rings is 1. The molecule has 1 aromatic heterocycles. The monoisotopic (exact) mass is 386 g/mol. The van der Waals surface area contributed by atoms with Crippen molar-refractivity contribution in [2.75, 3.05) is 18.5 Å². The van der Waals surface area contributed by atoms with E-state index in [2.05, 4.69) is 5.32 Å². The van der Waals surface area contributed by atoms with Crippen molar-refractivity contribution in [3.63, 3.8) is 0 Å². The number of anilines is 2. The minimum absolute atomic E-state index is 0.166. The number of rotatable bonds is 4. The highest BCUT2D eigenvalue weighted by atomic mass is 19.1. The highest BCUT2D eigenvalue weighted by Crippen LogP contribution is 2.35. The van der Waals surface area contributed by atoms with Crippen LogP contribution in [0.15, 0.2) is 42.2 Å². The molecule has 0 radical (unpaired) electrons. The Hall–Kier alpha value is -3.00. The number of aliphatic hydroxyl groups is 1. The van der Waals surface area contributed by atoms with Gasteiger partial charge in [0.15, 0.2) is 0 Å². The minimum atomic E-state index is -0.538. The summed E-state index contributed by atoms with van der Waals surface area (Å²) in [7, 11) is 0. The number of hydrogen-bond donors (Lipinski definition) is 2. The van der Waals surface area contributed by atoms with Gasteiger partial charge in [0.05, 0.1) is 6.54 Å². The van der Waals surface area contributed by atoms with Crippen LogP contribution in [0.5, 0.6) is 0 Å². The molecule has 0 saturated carbocycles. The van der Waals surface area contributed by atoms with E-state index in [1.54, 1.807) is 23.1 Å². The first kappa shape index (κ1) is 18.4. The van der Waals surface area contributed by atoms with Crippen LogP contribution in [-0.2, 0) is 17.9 Å². The largest absolute Gasteiger partial charge is 0.387 e. The number of aliphatic hydroxyl groups excluding tert-OH is 1. The summed E-state index contributed by atoms with van der Waals surface area (Å²) >= 11 is 0. The van der Waals surface area contributed by atoms with E-state index in [1.165, 1.54) is 18.2 Å². The molecule has 146 valence electrons. The summed E-state index contributed by atoms with van der Waals surface area (Å²) in [6, 6.07) is 6.01. The first-order valence-electron chi connectivity index (χ1n) is 9.11. The number of hydrogen-bond acceptors (Lipinski definition) is 4. The highest BCUT2D eigenvalue weighted by molar-refractivity contribution is 5.79. The van der Waals surface area contributed by atoms with Crippen molar-refractivity contribution >= 4 is 23.0 Å². The quantitative estimate of drug-likeness (QED) is 0.847. The smallest absolute Gasteiger partial charge is 0.248 e. The van der Waals surface area contributed by atoms with E-state index in [1.807, 2.05) is 4.57 Å². The SMILES string of the molecule is O=C(CO)N1CCn2c(nc(C3=CC=C(F)CC3)c2Nc2ccc(F)cc2)C1. The molecule has 6 nitrogen and oxygen atoms in total. The van der Waals surface area contributed by atoms with Crippen molar-refractivity contribution in [2.45, 2.75) is 25.9 Å². The van der Waals surface area contributed by atoms with Crippen LogP contribution in [-0.4, -0.2) is 38.6 Å². The molecule has 1 amide bonds. The van der Waals surface area contributed by atoms with Crippen molar-refractivity contribution in [1.82, 2.24) is 14.5 Å². The second-order valence-electron chi connectivity index (χ2n) is 6.79. The van der Waals surface area contributed by atoms with Crippen LogP contribution < -0.4 is 5.32 Å². The Labute approximate surface area is 160 Å². The summed E-state index contributed by atoms with van der Waals surface area (Å²) in [4.78, 5) is 18.1. The molecule has 4 rings (SSSR count). The number of benzene rings is 1. The molecule has 0 spiro atoms. The minimum Gasteiger partial charge on any atom is -0.387 e. The Balaban J connectivity index is 1.73. The van der Waals surface area contributed by atoms with Gasteiger partial charge in [-0.2, -0.15) is 0 Å². The maximum Gasteiger partial charge on any atom is 0.248 e. The van der Waals surface area contributed by atoms with E-state index in [0.29, 0.717) is 43.1 Å². The lowest BCUT2D eigenvalue weighted by atomic mass is 10.0. The first-order chi connectivity index (χ1) is 13.5. The number of aromatic nitrogens is 2. The van der Waals surface area contributed by atoms with Crippen LogP contribution in [0.1, 0.15) is 24.4 Å². The summed E-state index contributed by atoms with van der Waals surface area (Å²) in [6.45, 7) is 0.710. The van der Waals surface area contributed by atoms with Crippen molar-refractivity contribution < 1.29 is 18.7 Å². The van der Waals surface area contributed by atoms with Gasteiger partial charge in [-0.3, -0.25) is 4.79 Å². The molecule has 2 N–H and O–H groups in total. The average Bonchev–Trinajstić information content (AvgIpc) is 3.07. The average molecular weight is 386 g/mol. The van der Waals surface area contributed by atoms with Crippen molar-refractivity contribution in [2.24, 2.45) is 0 Å². The van der Waals surface area contributed by atoms with Gasteiger partial charge in [0.25, 0.3) is 0 Å². The fourth-order valence-electron chi connectivity index (χ4n) is 3.47. The van der Waals surface area contributed by atoms with E-state index in [-0.39, 0.29) is 24.1 Å². The summed E-state index contributed by atoms with van der Waals surface area (Å²) in [5.41, 5.74) is 2.30. The number of amides is 1. The van der Waals surface area contributed by atoms with Gasteiger partial charge in [-0.15, -0.1) is 0 Å². The molecular formula is C20H20F2N4O2. The molecule has 2 aromatic rings. The standard InChI is InChI=1S/C20H20F2N4O2/c21-14-3-1-13(2-4-14)19-20(23-16-7-5-15(22)6-8-16)26-10-9-25(18(28)12-27)11-17(26)24-19/h1,3,5-8,23,27H,2,4,9-12H2. The lowest BCUT2D eigenvalue weighted by molar-refractivity contribution is -0.135. The molecule has 0 unspecified atom stereocenters. The fraction of sp³-hybridized carbons (Fsp3) is 0.300. The molecule has 8 heteroatoms. The van der Waals surface area contributed by atoms with Crippen LogP contribution in [0.25, 0.3) is 5.57 Å². The number of carbonyl (C=O) groups excluding carboxylic acids is 1. The van der Waals surface area contributed by atoms with Crippen LogP contribution >= 0.6 is 0 Å². The van der Waals surface area contributed by atoms with Gasteiger partial charge in [0, 0.05) is 25.2 Å². The third-order valence-corrected chi connectivity index (χ3v) is 4.97. The van der Waals surface area contributed by atoms with Gasteiger partial charge in [-0.05, 0) is 42.3 Å². The second-order valence-corrected chi connectivity index (χ2v) is 6.79. The van der Waals surface area contributed by atoms with Crippen LogP contribution in [0.3, 0.4) is 0 Å². The van der Waals surface area contributed by atoms with E-state index < -0.39 is 6.61 Å². The molecule has 0 saturated heterocycles. The Morgan fingerprint density at radius 3 is 2.61 bits per heavy atom. The zero-order valence-corrected chi connectivity index (χ0v) is 15.2. The fourth-order valence-corrected chi connectivity index (χ4v) is 3.47. The summed E-state index contributed by atoms with van der Waals surface area (Å²) < 4.78 is 28.7. The molecule has 0 fully saturated rings. The van der Waals surface area contributed by atoms with Crippen LogP contribution in [0, 0.1) is 5.82 Å². The van der Waals surface area contributed by atoms with E-state index in [9.17, 15) is 13.6 Å². The van der Waals surface area contributed by atoms with Gasteiger partial charge in [0.1, 0.15) is 35.6 Å². The number of carbonyl (C=O) groups is 1. The Morgan fingerprint density at radius 2 is 1.93 bits per heavy atom. The van der Waals surface area contributed by atoms with Crippen molar-refractivity contribution in [3.05, 3.63) is 59.6 Å². The van der Waals surface area contributed by atoms with E-state index >= 15 is 0 Å². The Kier molecular flexibility index (Phi) is 4.95. The highest BCUT2D eigenvalue weighted by Gasteiger charge is 2.27. The maximum atomic E-state index is 13.4. The summed E-state index contributed by atoms with van der Waals surface area (Å²) in [5.74, 6) is 0.587.